The SMILES string of the molecule is COc1ccc(C)cc1-c1nc([N+](C)(C)c2ccc(C)cc2-c2nc(N(C)C)c3ccccc3n2)c2ccccc2n1. The minimum atomic E-state index is 0.354. The van der Waals surface area contributed by atoms with Gasteiger partial charge in [-0.05, 0) is 61.9 Å². The third-order valence-electron chi connectivity index (χ3n) is 7.71. The van der Waals surface area contributed by atoms with Crippen LogP contribution in [-0.2, 0) is 0 Å². The highest BCUT2D eigenvalue weighted by Crippen LogP contribution is 2.42. The zero-order valence-corrected chi connectivity index (χ0v) is 25.2. The molecular formula is C35H35N6O+. The highest BCUT2D eigenvalue weighted by molar-refractivity contribution is 5.95. The topological polar surface area (TPSA) is 64.0 Å². The average Bonchev–Trinajstić information content (AvgIpc) is 2.99. The lowest BCUT2D eigenvalue weighted by atomic mass is 10.0. The van der Waals surface area contributed by atoms with Gasteiger partial charge in [0.15, 0.2) is 11.6 Å². The first-order valence-corrected chi connectivity index (χ1v) is 14.0. The lowest BCUT2D eigenvalue weighted by Gasteiger charge is -2.30. The molecule has 4 aromatic carbocycles. The number of quaternary nitrogens is 1. The number of benzene rings is 4. The van der Waals surface area contributed by atoms with Crippen molar-refractivity contribution in [3.05, 3.63) is 96.1 Å². The molecule has 0 aliphatic rings. The molecule has 7 nitrogen and oxygen atoms in total. The largest absolute Gasteiger partial charge is 0.496 e. The van der Waals surface area contributed by atoms with E-state index >= 15 is 0 Å². The van der Waals surface area contributed by atoms with Crippen LogP contribution in [0.25, 0.3) is 44.6 Å². The summed E-state index contributed by atoms with van der Waals surface area (Å²) in [6.07, 6.45) is 0. The Morgan fingerprint density at radius 1 is 0.643 bits per heavy atom. The number of fused-ring (bicyclic) bond motifs is 2. The van der Waals surface area contributed by atoms with E-state index in [0.29, 0.717) is 16.1 Å². The van der Waals surface area contributed by atoms with Crippen LogP contribution in [0, 0.1) is 13.8 Å². The molecule has 0 bridgehead atoms. The summed E-state index contributed by atoms with van der Waals surface area (Å²) in [6, 6.07) is 28.9. The maximum atomic E-state index is 5.73. The first-order valence-electron chi connectivity index (χ1n) is 14.0. The van der Waals surface area contributed by atoms with Gasteiger partial charge in [-0.15, -0.1) is 0 Å². The second kappa shape index (κ2) is 10.5. The molecule has 7 heteroatoms. The quantitative estimate of drug-likeness (QED) is 0.198. The fourth-order valence-corrected chi connectivity index (χ4v) is 5.55. The lowest BCUT2D eigenvalue weighted by molar-refractivity contribution is 0.416. The summed E-state index contributed by atoms with van der Waals surface area (Å²) in [5, 5.41) is 2.01. The third-order valence-corrected chi connectivity index (χ3v) is 7.71. The number of methoxy groups -OCH3 is 1. The molecule has 0 radical (unpaired) electrons. The summed E-state index contributed by atoms with van der Waals surface area (Å²) in [5.74, 6) is 3.80. The van der Waals surface area contributed by atoms with Crippen LogP contribution in [0.4, 0.5) is 17.3 Å². The van der Waals surface area contributed by atoms with Gasteiger partial charge in [0.25, 0.3) is 0 Å². The molecule has 6 aromatic rings. The van der Waals surface area contributed by atoms with Gasteiger partial charge >= 0.3 is 0 Å². The van der Waals surface area contributed by atoms with Crippen LogP contribution in [0.2, 0.25) is 0 Å². The minimum Gasteiger partial charge on any atom is -0.496 e. The molecule has 0 saturated heterocycles. The number of para-hydroxylation sites is 2. The predicted molar refractivity (Wildman–Crippen MR) is 174 cm³/mol. The lowest BCUT2D eigenvalue weighted by Crippen LogP contribution is -2.36. The normalized spacial score (nSPS) is 11.7. The number of nitrogens with zero attached hydrogens (tertiary/aromatic N) is 6. The maximum Gasteiger partial charge on any atom is 0.243 e. The minimum absolute atomic E-state index is 0.354. The number of rotatable bonds is 6. The van der Waals surface area contributed by atoms with Crippen LogP contribution in [0.5, 0.6) is 5.75 Å². The Kier molecular flexibility index (Phi) is 6.83. The van der Waals surface area contributed by atoms with Crippen molar-refractivity contribution in [3.8, 4) is 28.5 Å². The molecule has 0 aliphatic carbocycles. The van der Waals surface area contributed by atoms with E-state index in [2.05, 4.69) is 64.3 Å². The second-order valence-electron chi connectivity index (χ2n) is 11.3. The Hall–Kier alpha value is -4.88. The van der Waals surface area contributed by atoms with Crippen molar-refractivity contribution in [3.63, 3.8) is 0 Å². The molecule has 0 aliphatic heterocycles. The molecule has 0 fully saturated rings. The van der Waals surface area contributed by atoms with E-state index < -0.39 is 0 Å². The van der Waals surface area contributed by atoms with Gasteiger partial charge < -0.3 is 9.64 Å². The predicted octanol–water partition coefficient (Wildman–Crippen LogP) is 7.50. The van der Waals surface area contributed by atoms with Crippen molar-refractivity contribution < 1.29 is 4.74 Å². The molecule has 6 rings (SSSR count). The van der Waals surface area contributed by atoms with E-state index in [9.17, 15) is 0 Å². The van der Waals surface area contributed by atoms with E-state index in [1.165, 1.54) is 0 Å². The van der Waals surface area contributed by atoms with E-state index in [1.54, 1.807) is 7.11 Å². The maximum absolute atomic E-state index is 5.73. The Labute approximate surface area is 246 Å². The van der Waals surface area contributed by atoms with E-state index in [1.807, 2.05) is 67.5 Å². The van der Waals surface area contributed by atoms with Gasteiger partial charge in [-0.25, -0.2) is 19.4 Å². The van der Waals surface area contributed by atoms with Gasteiger partial charge in [0.05, 0.1) is 48.8 Å². The molecule has 2 aromatic heterocycles. The standard InChI is InChI=1S/C35H35N6O/c1-22-16-18-30(26(20-22)32-36-28-14-10-8-12-24(28)34(38-32)40(3)4)41(5,6)35-25-13-9-11-15-29(25)37-33(39-35)27-21-23(2)17-19-31(27)42-7/h8-21H,1-7H3/q+1. The van der Waals surface area contributed by atoms with Crippen molar-refractivity contribution in [2.24, 2.45) is 0 Å². The molecule has 0 N–H and O–H groups in total. The van der Waals surface area contributed by atoms with E-state index in [4.69, 9.17) is 24.7 Å². The molecule has 42 heavy (non-hydrogen) atoms. The summed E-state index contributed by atoms with van der Waals surface area (Å²) in [7, 11) is 10.0. The highest BCUT2D eigenvalue weighted by atomic mass is 16.5. The molecule has 0 atom stereocenters. The summed E-state index contributed by atoms with van der Waals surface area (Å²) >= 11 is 0. The summed E-state index contributed by atoms with van der Waals surface area (Å²) < 4.78 is 6.08. The number of anilines is 1. The first kappa shape index (κ1) is 27.3. The van der Waals surface area contributed by atoms with E-state index in [0.717, 1.165) is 67.1 Å². The molecule has 210 valence electrons. The van der Waals surface area contributed by atoms with Crippen LogP contribution in [0.1, 0.15) is 11.1 Å². The van der Waals surface area contributed by atoms with Gasteiger partial charge in [-0.2, -0.15) is 4.98 Å². The van der Waals surface area contributed by atoms with Crippen LogP contribution in [-0.4, -0.2) is 55.2 Å². The number of ether oxygens (including phenoxy) is 1. The average molecular weight is 556 g/mol. The van der Waals surface area contributed by atoms with Gasteiger partial charge in [0, 0.05) is 25.5 Å². The van der Waals surface area contributed by atoms with E-state index in [-0.39, 0.29) is 0 Å². The molecular weight excluding hydrogens is 520 g/mol. The molecule has 0 amide bonds. The fraction of sp³-hybridized carbons (Fsp3) is 0.200. The van der Waals surface area contributed by atoms with Gasteiger partial charge in [-0.1, -0.05) is 42.0 Å². The van der Waals surface area contributed by atoms with Gasteiger partial charge in [0.2, 0.25) is 5.82 Å². The Balaban J connectivity index is 1.62. The fourth-order valence-electron chi connectivity index (χ4n) is 5.55. The number of aromatic nitrogens is 4. The van der Waals surface area contributed by atoms with Gasteiger partial charge in [-0.3, -0.25) is 0 Å². The zero-order chi connectivity index (χ0) is 29.6. The highest BCUT2D eigenvalue weighted by Gasteiger charge is 2.32. The molecule has 0 unspecified atom stereocenters. The van der Waals surface area contributed by atoms with Crippen LogP contribution >= 0.6 is 0 Å². The first-order chi connectivity index (χ1) is 20.2. The number of hydrogen-bond donors (Lipinski definition) is 0. The van der Waals surface area contributed by atoms with Crippen molar-refractivity contribution in [2.75, 3.05) is 40.2 Å². The number of aryl methyl sites for hydroxylation is 2. The van der Waals surface area contributed by atoms with Crippen LogP contribution in [0.15, 0.2) is 84.9 Å². The summed E-state index contributed by atoms with van der Waals surface area (Å²) in [6.45, 7) is 4.17. The van der Waals surface area contributed by atoms with Crippen LogP contribution in [0.3, 0.4) is 0 Å². The van der Waals surface area contributed by atoms with Crippen molar-refractivity contribution >= 4 is 39.1 Å². The smallest absolute Gasteiger partial charge is 0.243 e. The third kappa shape index (κ3) is 4.72. The Morgan fingerprint density at radius 2 is 1.21 bits per heavy atom. The summed E-state index contributed by atoms with van der Waals surface area (Å²) in [5.41, 5.74) is 6.89. The van der Waals surface area contributed by atoms with Crippen molar-refractivity contribution in [1.82, 2.24) is 24.4 Å². The Bertz CT molecular complexity index is 1960. The Morgan fingerprint density at radius 3 is 1.88 bits per heavy atom. The summed E-state index contributed by atoms with van der Waals surface area (Å²) in [4.78, 5) is 22.4. The van der Waals surface area contributed by atoms with Gasteiger partial charge in [0.1, 0.15) is 17.3 Å². The zero-order valence-electron chi connectivity index (χ0n) is 25.2. The molecule has 0 saturated carbocycles. The van der Waals surface area contributed by atoms with Crippen molar-refractivity contribution in [1.29, 1.82) is 0 Å². The monoisotopic (exact) mass is 555 g/mol. The molecule has 2 heterocycles. The second-order valence-corrected chi connectivity index (χ2v) is 11.3. The number of hydrogen-bond acceptors (Lipinski definition) is 6. The van der Waals surface area contributed by atoms with Crippen molar-refractivity contribution in [2.45, 2.75) is 13.8 Å². The van der Waals surface area contributed by atoms with Crippen LogP contribution < -0.4 is 14.1 Å². The molecule has 0 spiro atoms.